The summed E-state index contributed by atoms with van der Waals surface area (Å²) in [5, 5.41) is 1.09. The molecule has 1 aliphatic rings. The highest BCUT2D eigenvalue weighted by molar-refractivity contribution is 6.32. The molecule has 0 saturated carbocycles. The van der Waals surface area contributed by atoms with Gasteiger partial charge in [-0.15, -0.1) is 12.4 Å². The lowest BCUT2D eigenvalue weighted by atomic mass is 10.0. The molecule has 0 N–H and O–H groups in total. The van der Waals surface area contributed by atoms with Crippen molar-refractivity contribution < 1.29 is 14.3 Å². The van der Waals surface area contributed by atoms with E-state index < -0.39 is 0 Å². The molecule has 6 nitrogen and oxygen atoms in total. The number of benzene rings is 4. The van der Waals surface area contributed by atoms with Crippen molar-refractivity contribution >= 4 is 47.6 Å². The van der Waals surface area contributed by atoms with E-state index in [0.717, 1.165) is 36.3 Å². The molecule has 2 heterocycles. The van der Waals surface area contributed by atoms with Gasteiger partial charge in [0.05, 0.1) is 11.2 Å². The molecule has 1 aliphatic heterocycles. The van der Waals surface area contributed by atoms with Gasteiger partial charge in [-0.05, 0) is 65.1 Å². The fourth-order valence-electron chi connectivity index (χ4n) is 5.47. The monoisotopic (exact) mass is 699 g/mol. The predicted octanol–water partition coefficient (Wildman–Crippen LogP) is 9.51. The zero-order chi connectivity index (χ0) is 32.6. The van der Waals surface area contributed by atoms with Crippen molar-refractivity contribution in [2.45, 2.75) is 20.1 Å². The molecular weight excluding hydrogens is 665 g/mol. The van der Waals surface area contributed by atoms with E-state index in [-0.39, 0.29) is 18.3 Å². The van der Waals surface area contributed by atoms with Crippen LogP contribution in [0.15, 0.2) is 115 Å². The van der Waals surface area contributed by atoms with Gasteiger partial charge in [-0.1, -0.05) is 96.0 Å². The average Bonchev–Trinajstić information content (AvgIpc) is 3.10. The fourth-order valence-corrected chi connectivity index (χ4v) is 5.97. The Balaban J connectivity index is 0.00000451. The summed E-state index contributed by atoms with van der Waals surface area (Å²) >= 11 is 12.8. The Bertz CT molecular complexity index is 1820. The van der Waals surface area contributed by atoms with Crippen molar-refractivity contribution in [2.24, 2.45) is 0 Å². The maximum absolute atomic E-state index is 13.0. The Kier molecular flexibility index (Phi) is 12.2. The zero-order valence-electron chi connectivity index (χ0n) is 26.5. The zero-order valence-corrected chi connectivity index (χ0v) is 28.8. The van der Waals surface area contributed by atoms with Gasteiger partial charge in [0.1, 0.15) is 12.4 Å². The molecule has 4 aromatic carbocycles. The number of carbonyl (C=O) groups excluding carboxylic acids is 1. The van der Waals surface area contributed by atoms with Crippen LogP contribution in [0.25, 0.3) is 17.2 Å². The number of hydrogen-bond acceptors (Lipinski definition) is 5. The van der Waals surface area contributed by atoms with Crippen molar-refractivity contribution in [3.8, 4) is 28.5 Å². The number of ether oxygens (including phenoxy) is 2. The smallest absolute Gasteiger partial charge is 0.246 e. The second-order valence-electron chi connectivity index (χ2n) is 11.5. The van der Waals surface area contributed by atoms with E-state index in [0.29, 0.717) is 47.1 Å². The summed E-state index contributed by atoms with van der Waals surface area (Å²) in [6.07, 6.45) is 5.02. The molecule has 0 aliphatic carbocycles. The topological polar surface area (TPSA) is 54.9 Å². The summed E-state index contributed by atoms with van der Waals surface area (Å²) in [5.74, 6) is 1.49. The molecule has 48 heavy (non-hydrogen) atoms. The van der Waals surface area contributed by atoms with Gasteiger partial charge < -0.3 is 14.4 Å². The number of nitrogens with zero attached hydrogens (tertiary/aromatic N) is 3. The number of aryl methyl sites for hydroxylation is 1. The van der Waals surface area contributed by atoms with Gasteiger partial charge in [0.25, 0.3) is 0 Å². The third-order valence-corrected chi connectivity index (χ3v) is 8.74. The van der Waals surface area contributed by atoms with Gasteiger partial charge in [-0.2, -0.15) is 0 Å². The Morgan fingerprint density at radius 1 is 0.833 bits per heavy atom. The van der Waals surface area contributed by atoms with E-state index in [1.54, 1.807) is 36.5 Å². The van der Waals surface area contributed by atoms with Crippen LogP contribution in [0.5, 0.6) is 17.4 Å². The van der Waals surface area contributed by atoms with E-state index in [4.69, 9.17) is 32.7 Å². The van der Waals surface area contributed by atoms with Crippen LogP contribution in [0, 0.1) is 6.92 Å². The van der Waals surface area contributed by atoms with Gasteiger partial charge in [0, 0.05) is 55.5 Å². The Labute approximate surface area is 298 Å². The fraction of sp³-hybridized carbons (Fsp3) is 0.179. The molecule has 1 saturated heterocycles. The van der Waals surface area contributed by atoms with E-state index in [1.165, 1.54) is 16.7 Å². The summed E-state index contributed by atoms with van der Waals surface area (Å²) < 4.78 is 11.8. The second kappa shape index (κ2) is 16.7. The molecule has 9 heteroatoms. The normalized spacial score (nSPS) is 13.3. The average molecular weight is 701 g/mol. The molecule has 5 aromatic rings. The first-order valence-electron chi connectivity index (χ1n) is 15.6. The van der Waals surface area contributed by atoms with Gasteiger partial charge >= 0.3 is 0 Å². The number of aromatic nitrogens is 1. The first-order chi connectivity index (χ1) is 22.9. The third-order valence-electron chi connectivity index (χ3n) is 8.09. The number of amides is 1. The molecule has 0 bridgehead atoms. The number of rotatable bonds is 10. The van der Waals surface area contributed by atoms with Crippen LogP contribution in [0.2, 0.25) is 10.0 Å². The lowest BCUT2D eigenvalue weighted by molar-refractivity contribution is -0.127. The maximum atomic E-state index is 13.0. The molecule has 0 unspecified atom stereocenters. The minimum atomic E-state index is -0.00740. The standard InChI is InChI=1S/C39H35Cl2N3O3.ClH/c1-28-23-30(24-36(41)39(28)47-37-17-16-34(25-42-37)46-27-33-9-5-6-10-35(33)40)13-18-38(45)44-21-19-43(20-22-44)26-29-11-14-32(15-12-29)31-7-3-2-4-8-31;/h2-18,23-25H,19-22,26-27H2,1H3;1H. The van der Waals surface area contributed by atoms with Gasteiger partial charge in [0.15, 0.2) is 5.75 Å². The maximum Gasteiger partial charge on any atom is 0.246 e. The molecule has 0 atom stereocenters. The van der Waals surface area contributed by atoms with E-state index in [1.807, 2.05) is 48.2 Å². The minimum Gasteiger partial charge on any atom is -0.487 e. The van der Waals surface area contributed by atoms with E-state index >= 15 is 0 Å². The van der Waals surface area contributed by atoms with Crippen molar-refractivity contribution in [3.05, 3.63) is 148 Å². The van der Waals surface area contributed by atoms with Crippen LogP contribution in [-0.2, 0) is 17.9 Å². The molecule has 1 amide bonds. The van der Waals surface area contributed by atoms with Crippen LogP contribution in [0.1, 0.15) is 22.3 Å². The Hall–Kier alpha value is -4.33. The Morgan fingerprint density at radius 3 is 2.23 bits per heavy atom. The number of halogens is 3. The van der Waals surface area contributed by atoms with Crippen LogP contribution in [0.4, 0.5) is 0 Å². The molecular formula is C39H36Cl3N3O3. The molecule has 1 aromatic heterocycles. The molecule has 0 spiro atoms. The lowest BCUT2D eigenvalue weighted by Crippen LogP contribution is -2.47. The van der Waals surface area contributed by atoms with Crippen LogP contribution < -0.4 is 9.47 Å². The predicted molar refractivity (Wildman–Crippen MR) is 196 cm³/mol. The molecule has 0 radical (unpaired) electrons. The number of hydrogen-bond donors (Lipinski definition) is 0. The van der Waals surface area contributed by atoms with Gasteiger partial charge in [-0.3, -0.25) is 9.69 Å². The van der Waals surface area contributed by atoms with E-state index in [9.17, 15) is 4.79 Å². The minimum absolute atomic E-state index is 0. The molecule has 6 rings (SSSR count). The van der Waals surface area contributed by atoms with Crippen LogP contribution in [-0.4, -0.2) is 46.9 Å². The molecule has 1 fully saturated rings. The Morgan fingerprint density at radius 2 is 1.54 bits per heavy atom. The second-order valence-corrected chi connectivity index (χ2v) is 12.3. The van der Waals surface area contributed by atoms with Crippen LogP contribution in [0.3, 0.4) is 0 Å². The lowest BCUT2D eigenvalue weighted by Gasteiger charge is -2.34. The van der Waals surface area contributed by atoms with Crippen molar-refractivity contribution in [1.29, 1.82) is 0 Å². The summed E-state index contributed by atoms with van der Waals surface area (Å²) in [6.45, 7) is 6.17. The van der Waals surface area contributed by atoms with E-state index in [2.05, 4.69) is 58.4 Å². The summed E-state index contributed by atoms with van der Waals surface area (Å²) in [6, 6.07) is 33.9. The molecule has 246 valence electrons. The van der Waals surface area contributed by atoms with Crippen LogP contribution >= 0.6 is 35.6 Å². The summed E-state index contributed by atoms with van der Waals surface area (Å²) in [5.41, 5.74) is 6.26. The van der Waals surface area contributed by atoms with Gasteiger partial charge in [0.2, 0.25) is 11.8 Å². The number of piperazine rings is 1. The van der Waals surface area contributed by atoms with Crippen molar-refractivity contribution in [3.63, 3.8) is 0 Å². The van der Waals surface area contributed by atoms with Gasteiger partial charge in [-0.25, -0.2) is 4.98 Å². The first kappa shape index (κ1) is 35.0. The summed E-state index contributed by atoms with van der Waals surface area (Å²) in [7, 11) is 0. The largest absolute Gasteiger partial charge is 0.487 e. The highest BCUT2D eigenvalue weighted by Gasteiger charge is 2.20. The first-order valence-corrected chi connectivity index (χ1v) is 16.3. The highest BCUT2D eigenvalue weighted by atomic mass is 35.5. The SMILES string of the molecule is Cc1cc(C=CC(=O)N2CCN(Cc3ccc(-c4ccccc4)cc3)CC2)cc(Cl)c1Oc1ccc(OCc2ccccc2Cl)cn1.Cl. The van der Waals surface area contributed by atoms with Crippen molar-refractivity contribution in [2.75, 3.05) is 26.2 Å². The summed E-state index contributed by atoms with van der Waals surface area (Å²) in [4.78, 5) is 21.6. The quantitative estimate of drug-likeness (QED) is 0.136. The third kappa shape index (κ3) is 9.18. The number of pyridine rings is 1. The van der Waals surface area contributed by atoms with Crippen molar-refractivity contribution in [1.82, 2.24) is 14.8 Å². The highest BCUT2D eigenvalue weighted by Crippen LogP contribution is 2.34. The number of carbonyl (C=O) groups is 1.